The number of ether oxygens (including phenoxy) is 1. The van der Waals surface area contributed by atoms with Gasteiger partial charge in [-0.2, -0.15) is 0 Å². The maximum atomic E-state index is 12.8. The van der Waals surface area contributed by atoms with Gasteiger partial charge in [-0.3, -0.25) is 4.79 Å². The van der Waals surface area contributed by atoms with Crippen molar-refractivity contribution >= 4 is 17.2 Å². The van der Waals surface area contributed by atoms with Crippen molar-refractivity contribution in [1.29, 1.82) is 0 Å². The van der Waals surface area contributed by atoms with Crippen molar-refractivity contribution in [1.82, 2.24) is 15.1 Å². The third-order valence-electron chi connectivity index (χ3n) is 4.66. The second kappa shape index (κ2) is 7.92. The van der Waals surface area contributed by atoms with E-state index in [1.165, 1.54) is 0 Å². The molecule has 27 heavy (non-hydrogen) atoms. The second-order valence-corrected chi connectivity index (χ2v) is 7.57. The van der Waals surface area contributed by atoms with Crippen LogP contribution >= 0.6 is 11.3 Å². The van der Waals surface area contributed by atoms with Gasteiger partial charge in [-0.1, -0.05) is 24.3 Å². The lowest BCUT2D eigenvalue weighted by atomic mass is 9.97. The van der Waals surface area contributed by atoms with Gasteiger partial charge < -0.3 is 14.1 Å². The first-order valence-corrected chi connectivity index (χ1v) is 9.96. The van der Waals surface area contributed by atoms with Crippen molar-refractivity contribution in [2.45, 2.75) is 31.8 Å². The first kappa shape index (κ1) is 17.7. The molecule has 1 aromatic carbocycles. The first-order valence-electron chi connectivity index (χ1n) is 9.08. The summed E-state index contributed by atoms with van der Waals surface area (Å²) >= 11 is 1.57. The zero-order chi connectivity index (χ0) is 18.6. The highest BCUT2D eigenvalue weighted by molar-refractivity contribution is 7.13. The van der Waals surface area contributed by atoms with Gasteiger partial charge in [0, 0.05) is 13.1 Å². The molecule has 2 unspecified atom stereocenters. The SMILES string of the molecule is CC(Oc1ccccc1)C(=O)N1CCCC(c2nnc(-c3cccs3)o2)C1. The van der Waals surface area contributed by atoms with Crippen molar-refractivity contribution in [3.8, 4) is 16.5 Å². The summed E-state index contributed by atoms with van der Waals surface area (Å²) < 4.78 is 11.7. The minimum absolute atomic E-state index is 0.0125. The van der Waals surface area contributed by atoms with Crippen LogP contribution in [-0.4, -0.2) is 40.2 Å². The predicted molar refractivity (Wildman–Crippen MR) is 103 cm³/mol. The lowest BCUT2D eigenvalue weighted by Gasteiger charge is -2.32. The van der Waals surface area contributed by atoms with Gasteiger partial charge in [-0.25, -0.2) is 0 Å². The Morgan fingerprint density at radius 1 is 1.26 bits per heavy atom. The molecule has 0 radical (unpaired) electrons. The number of amides is 1. The largest absolute Gasteiger partial charge is 0.481 e. The summed E-state index contributed by atoms with van der Waals surface area (Å²) in [5.41, 5.74) is 0. The van der Waals surface area contributed by atoms with E-state index < -0.39 is 6.10 Å². The predicted octanol–water partition coefficient (Wildman–Crippen LogP) is 3.97. The molecule has 6 nitrogen and oxygen atoms in total. The Kier molecular flexibility index (Phi) is 5.20. The molecule has 1 aliphatic heterocycles. The van der Waals surface area contributed by atoms with Crippen LogP contribution in [0, 0.1) is 0 Å². The number of likely N-dealkylation sites (tertiary alicyclic amines) is 1. The van der Waals surface area contributed by atoms with Crippen molar-refractivity contribution in [2.75, 3.05) is 13.1 Å². The van der Waals surface area contributed by atoms with Gasteiger partial charge in [0.25, 0.3) is 11.8 Å². The van der Waals surface area contributed by atoms with Crippen molar-refractivity contribution in [2.24, 2.45) is 0 Å². The summed E-state index contributed by atoms with van der Waals surface area (Å²) in [7, 11) is 0. The number of carbonyl (C=O) groups is 1. The summed E-state index contributed by atoms with van der Waals surface area (Å²) in [6, 6.07) is 13.3. The number of hydrogen-bond acceptors (Lipinski definition) is 6. The molecule has 0 bridgehead atoms. The highest BCUT2D eigenvalue weighted by Gasteiger charge is 2.31. The van der Waals surface area contributed by atoms with Crippen molar-refractivity contribution in [3.63, 3.8) is 0 Å². The van der Waals surface area contributed by atoms with Crippen LogP contribution in [0.15, 0.2) is 52.3 Å². The van der Waals surface area contributed by atoms with E-state index in [9.17, 15) is 4.79 Å². The number of carbonyl (C=O) groups excluding carboxylic acids is 1. The lowest BCUT2D eigenvalue weighted by Crippen LogP contribution is -2.45. The van der Waals surface area contributed by atoms with Crippen molar-refractivity contribution < 1.29 is 13.9 Å². The third kappa shape index (κ3) is 4.03. The molecule has 1 amide bonds. The van der Waals surface area contributed by atoms with Crippen LogP contribution in [-0.2, 0) is 4.79 Å². The molecule has 0 aliphatic carbocycles. The zero-order valence-electron chi connectivity index (χ0n) is 15.1. The molecule has 3 aromatic rings. The molecule has 7 heteroatoms. The summed E-state index contributed by atoms with van der Waals surface area (Å²) in [6.45, 7) is 3.09. The lowest BCUT2D eigenvalue weighted by molar-refractivity contribution is -0.139. The summed E-state index contributed by atoms with van der Waals surface area (Å²) in [6.07, 6.45) is 1.31. The molecule has 0 saturated carbocycles. The highest BCUT2D eigenvalue weighted by atomic mass is 32.1. The Morgan fingerprint density at radius 2 is 2.11 bits per heavy atom. The number of rotatable bonds is 5. The average Bonchev–Trinajstić information content (AvgIpc) is 3.40. The zero-order valence-corrected chi connectivity index (χ0v) is 15.9. The topological polar surface area (TPSA) is 68.5 Å². The van der Waals surface area contributed by atoms with Gasteiger partial charge in [0.05, 0.1) is 10.8 Å². The maximum Gasteiger partial charge on any atom is 0.263 e. The maximum absolute atomic E-state index is 12.8. The van der Waals surface area contributed by atoms with E-state index in [2.05, 4.69) is 10.2 Å². The number of aromatic nitrogens is 2. The quantitative estimate of drug-likeness (QED) is 0.667. The van der Waals surface area contributed by atoms with Gasteiger partial charge >= 0.3 is 0 Å². The number of hydrogen-bond donors (Lipinski definition) is 0. The Balaban J connectivity index is 1.41. The monoisotopic (exact) mass is 383 g/mol. The Hall–Kier alpha value is -2.67. The number of benzene rings is 1. The van der Waals surface area contributed by atoms with Gasteiger partial charge in [-0.15, -0.1) is 21.5 Å². The minimum atomic E-state index is -0.532. The molecular formula is C20H21N3O3S. The van der Waals surface area contributed by atoms with E-state index in [4.69, 9.17) is 9.15 Å². The fraction of sp³-hybridized carbons (Fsp3) is 0.350. The highest BCUT2D eigenvalue weighted by Crippen LogP contribution is 2.30. The van der Waals surface area contributed by atoms with E-state index in [0.29, 0.717) is 24.1 Å². The van der Waals surface area contributed by atoms with Crippen LogP contribution in [0.1, 0.15) is 31.6 Å². The molecule has 4 rings (SSSR count). The molecule has 3 heterocycles. The minimum Gasteiger partial charge on any atom is -0.481 e. The molecule has 140 valence electrons. The van der Waals surface area contributed by atoms with Crippen LogP contribution in [0.2, 0.25) is 0 Å². The van der Waals surface area contributed by atoms with Crippen LogP contribution in [0.4, 0.5) is 0 Å². The third-order valence-corrected chi connectivity index (χ3v) is 5.52. The molecule has 1 saturated heterocycles. The average molecular weight is 383 g/mol. The van der Waals surface area contributed by atoms with Crippen molar-refractivity contribution in [3.05, 3.63) is 53.7 Å². The number of nitrogens with zero attached hydrogens (tertiary/aromatic N) is 3. The molecule has 0 spiro atoms. The number of para-hydroxylation sites is 1. The molecule has 0 N–H and O–H groups in total. The standard InChI is InChI=1S/C20H21N3O3S/c1-14(25-16-8-3-2-4-9-16)20(24)23-11-5-7-15(13-23)18-21-22-19(26-18)17-10-6-12-27-17/h2-4,6,8-10,12,14-15H,5,7,11,13H2,1H3. The Labute approximate surface area is 161 Å². The summed E-state index contributed by atoms with van der Waals surface area (Å²) in [5, 5.41) is 10.4. The van der Waals surface area contributed by atoms with Crippen LogP contribution in [0.25, 0.3) is 10.8 Å². The van der Waals surface area contributed by atoms with Crippen LogP contribution in [0.5, 0.6) is 5.75 Å². The molecule has 2 aromatic heterocycles. The van der Waals surface area contributed by atoms with Gasteiger partial charge in [0.15, 0.2) is 6.10 Å². The fourth-order valence-corrected chi connectivity index (χ4v) is 3.93. The van der Waals surface area contributed by atoms with Crippen LogP contribution in [0.3, 0.4) is 0 Å². The molecule has 1 aliphatic rings. The van der Waals surface area contributed by atoms with Crippen LogP contribution < -0.4 is 4.74 Å². The van der Waals surface area contributed by atoms with E-state index in [1.54, 1.807) is 18.3 Å². The Morgan fingerprint density at radius 3 is 2.89 bits per heavy atom. The summed E-state index contributed by atoms with van der Waals surface area (Å²) in [4.78, 5) is 15.6. The van der Waals surface area contributed by atoms with Gasteiger partial charge in [0.1, 0.15) is 5.75 Å². The van der Waals surface area contributed by atoms with Gasteiger partial charge in [-0.05, 0) is 43.3 Å². The van der Waals surface area contributed by atoms with E-state index in [0.717, 1.165) is 24.3 Å². The molecule has 1 fully saturated rings. The first-order chi connectivity index (χ1) is 13.2. The van der Waals surface area contributed by atoms with E-state index >= 15 is 0 Å². The van der Waals surface area contributed by atoms with E-state index in [1.807, 2.05) is 52.7 Å². The van der Waals surface area contributed by atoms with E-state index in [-0.39, 0.29) is 11.8 Å². The van der Waals surface area contributed by atoms with Gasteiger partial charge in [0.2, 0.25) is 5.89 Å². The normalized spacial score (nSPS) is 18.3. The molecule has 2 atom stereocenters. The fourth-order valence-electron chi connectivity index (χ4n) is 3.29. The molecular weight excluding hydrogens is 362 g/mol. The Bertz CT molecular complexity index is 879. The second-order valence-electron chi connectivity index (χ2n) is 6.62. The number of piperidine rings is 1. The summed E-state index contributed by atoms with van der Waals surface area (Å²) in [5.74, 6) is 1.90. The number of thiophene rings is 1. The smallest absolute Gasteiger partial charge is 0.263 e.